The molecule has 0 radical (unpaired) electrons. The number of piperazine rings is 2. The van der Waals surface area contributed by atoms with Crippen LogP contribution in [0.15, 0.2) is 23.2 Å². The second-order valence-electron chi connectivity index (χ2n) is 10.7. The van der Waals surface area contributed by atoms with Crippen LogP contribution in [0.4, 0.5) is 10.3 Å². The molecule has 0 N–H and O–H groups in total. The van der Waals surface area contributed by atoms with Gasteiger partial charge in [-0.1, -0.05) is 65.2 Å². The Balaban J connectivity index is 0.000000220. The second-order valence-corrected chi connectivity index (χ2v) is 12.4. The van der Waals surface area contributed by atoms with Crippen LogP contribution in [0.5, 0.6) is 0 Å². The van der Waals surface area contributed by atoms with Crippen molar-refractivity contribution in [3.8, 4) is 0 Å². The molecule has 0 spiro atoms. The first-order valence-electron chi connectivity index (χ1n) is 15.5. The fraction of sp³-hybridized carbons (Fsp3) is 0.733. The Morgan fingerprint density at radius 3 is 1.30 bits per heavy atom. The molecule has 2 aliphatic heterocycles. The molecule has 0 bridgehead atoms. The van der Waals surface area contributed by atoms with Crippen molar-refractivity contribution in [1.29, 1.82) is 0 Å². The highest BCUT2D eigenvalue weighted by Gasteiger charge is 2.23. The molecule has 0 aromatic carbocycles. The molecule has 2 amide bonds. The van der Waals surface area contributed by atoms with Crippen molar-refractivity contribution >= 4 is 44.8 Å². The van der Waals surface area contributed by atoms with Gasteiger partial charge in [-0.2, -0.15) is 0 Å². The number of hydrogen-bond donors (Lipinski definition) is 0. The van der Waals surface area contributed by atoms with Gasteiger partial charge in [0, 0.05) is 88.4 Å². The molecule has 0 saturated carbocycles. The lowest BCUT2D eigenvalue weighted by Crippen LogP contribution is -2.48. The maximum Gasteiger partial charge on any atom is 0.222 e. The van der Waals surface area contributed by atoms with Crippen molar-refractivity contribution in [2.24, 2.45) is 0 Å². The van der Waals surface area contributed by atoms with Crippen molar-refractivity contribution in [2.75, 3.05) is 62.2 Å². The Morgan fingerprint density at radius 1 is 0.600 bits per heavy atom. The van der Waals surface area contributed by atoms with E-state index in [0.717, 1.165) is 88.3 Å². The van der Waals surface area contributed by atoms with Crippen LogP contribution in [-0.2, 0) is 9.59 Å². The fourth-order valence-electron chi connectivity index (χ4n) is 5.11. The van der Waals surface area contributed by atoms with E-state index in [4.69, 9.17) is 0 Å². The summed E-state index contributed by atoms with van der Waals surface area (Å²) in [6.07, 6.45) is 17.2. The lowest BCUT2D eigenvalue weighted by Gasteiger charge is -2.34. The molecule has 0 atom stereocenters. The van der Waals surface area contributed by atoms with Gasteiger partial charge in [0.15, 0.2) is 10.3 Å². The number of carbonyl (C=O) groups is 2. The molecule has 2 saturated heterocycles. The highest BCUT2D eigenvalue weighted by molar-refractivity contribution is 7.13. The van der Waals surface area contributed by atoms with Gasteiger partial charge in [0.25, 0.3) is 0 Å². The third-order valence-corrected chi connectivity index (χ3v) is 9.30. The van der Waals surface area contributed by atoms with Crippen LogP contribution >= 0.6 is 22.7 Å². The summed E-state index contributed by atoms with van der Waals surface area (Å²) in [6, 6.07) is 0. The first-order chi connectivity index (χ1) is 19.6. The molecular weight excluding hydrogens is 541 g/mol. The van der Waals surface area contributed by atoms with Gasteiger partial charge < -0.3 is 19.6 Å². The molecule has 0 aliphatic carbocycles. The van der Waals surface area contributed by atoms with Crippen LogP contribution in [0, 0.1) is 0 Å². The fourth-order valence-corrected chi connectivity index (χ4v) is 6.51. The summed E-state index contributed by atoms with van der Waals surface area (Å²) in [5.41, 5.74) is 0. The summed E-state index contributed by atoms with van der Waals surface area (Å²) < 4.78 is 0. The number of amides is 2. The number of rotatable bonds is 14. The summed E-state index contributed by atoms with van der Waals surface area (Å²) >= 11 is 3.34. The molecule has 0 unspecified atom stereocenters. The summed E-state index contributed by atoms with van der Waals surface area (Å²) in [4.78, 5) is 41.5. The third kappa shape index (κ3) is 11.4. The molecule has 2 aromatic rings. The molecule has 10 heteroatoms. The number of carbonyl (C=O) groups excluding carboxylic acids is 2. The summed E-state index contributed by atoms with van der Waals surface area (Å²) in [6.45, 7) is 11.4. The largest absolute Gasteiger partial charge is 0.345 e. The average molecular weight is 591 g/mol. The van der Waals surface area contributed by atoms with Crippen LogP contribution in [0.25, 0.3) is 0 Å². The van der Waals surface area contributed by atoms with Crippen LogP contribution in [-0.4, -0.2) is 83.9 Å². The van der Waals surface area contributed by atoms with E-state index in [1.807, 2.05) is 33.0 Å². The van der Waals surface area contributed by atoms with Crippen LogP contribution < -0.4 is 9.80 Å². The number of unbranched alkanes of at least 4 members (excludes halogenated alkanes) is 8. The summed E-state index contributed by atoms with van der Waals surface area (Å²) in [5.74, 6) is 0.667. The van der Waals surface area contributed by atoms with Crippen LogP contribution in [0.3, 0.4) is 0 Å². The van der Waals surface area contributed by atoms with E-state index >= 15 is 0 Å². The Morgan fingerprint density at radius 2 is 0.975 bits per heavy atom. The van der Waals surface area contributed by atoms with Gasteiger partial charge in [0.1, 0.15) is 0 Å². The number of thiazole rings is 2. The maximum atomic E-state index is 12.1. The standard InChI is InChI=1S/2C15H25N3OS/c2*1-2-3-4-5-6-7-14(19)17-9-11-18(12-10-17)15-16-8-13-20-15/h2*8,13H,2-7,9-12H2,1H3. The van der Waals surface area contributed by atoms with Crippen LogP contribution in [0.2, 0.25) is 0 Å². The Hall–Kier alpha value is -2.20. The number of aromatic nitrogens is 2. The molecule has 2 aliphatic rings. The van der Waals surface area contributed by atoms with E-state index in [-0.39, 0.29) is 0 Å². The van der Waals surface area contributed by atoms with Crippen LogP contribution in [0.1, 0.15) is 90.9 Å². The summed E-state index contributed by atoms with van der Waals surface area (Å²) in [7, 11) is 0. The zero-order valence-electron chi connectivity index (χ0n) is 24.8. The number of hydrogen-bond acceptors (Lipinski definition) is 8. The van der Waals surface area contributed by atoms with Gasteiger partial charge in [-0.05, 0) is 12.8 Å². The minimum Gasteiger partial charge on any atom is -0.345 e. The second kappa shape index (κ2) is 19.0. The topological polar surface area (TPSA) is 72.9 Å². The Bertz CT molecular complexity index is 848. The van der Waals surface area contributed by atoms with Crippen molar-refractivity contribution < 1.29 is 9.59 Å². The number of anilines is 2. The highest BCUT2D eigenvalue weighted by atomic mass is 32.1. The van der Waals surface area contributed by atoms with Crippen molar-refractivity contribution in [3.05, 3.63) is 23.2 Å². The Kier molecular flexibility index (Phi) is 15.4. The van der Waals surface area contributed by atoms with Gasteiger partial charge in [-0.25, -0.2) is 9.97 Å². The van der Waals surface area contributed by atoms with Gasteiger partial charge in [-0.15, -0.1) is 22.7 Å². The zero-order valence-corrected chi connectivity index (χ0v) is 26.4. The Labute approximate surface area is 249 Å². The molecule has 8 nitrogen and oxygen atoms in total. The normalized spacial score (nSPS) is 15.7. The lowest BCUT2D eigenvalue weighted by atomic mass is 10.1. The van der Waals surface area contributed by atoms with Crippen molar-refractivity contribution in [2.45, 2.75) is 90.9 Å². The molecule has 4 heterocycles. The van der Waals surface area contributed by atoms with Gasteiger partial charge in [-0.3, -0.25) is 9.59 Å². The van der Waals surface area contributed by atoms with E-state index in [9.17, 15) is 9.59 Å². The molecule has 2 fully saturated rings. The average Bonchev–Trinajstić information content (AvgIpc) is 3.73. The first-order valence-corrected chi connectivity index (χ1v) is 17.2. The van der Waals surface area contributed by atoms with E-state index in [0.29, 0.717) is 11.8 Å². The maximum absolute atomic E-state index is 12.1. The molecular formula is C30H50N6O2S2. The minimum absolute atomic E-state index is 0.334. The number of nitrogens with zero attached hydrogens (tertiary/aromatic N) is 6. The van der Waals surface area contributed by atoms with Crippen molar-refractivity contribution in [3.63, 3.8) is 0 Å². The van der Waals surface area contributed by atoms with Crippen molar-refractivity contribution in [1.82, 2.24) is 19.8 Å². The quantitative estimate of drug-likeness (QED) is 0.240. The molecule has 40 heavy (non-hydrogen) atoms. The summed E-state index contributed by atoms with van der Waals surface area (Å²) in [5, 5.41) is 6.17. The predicted octanol–water partition coefficient (Wildman–Crippen LogP) is 6.30. The smallest absolute Gasteiger partial charge is 0.222 e. The van der Waals surface area contributed by atoms with Gasteiger partial charge in [0.2, 0.25) is 11.8 Å². The predicted molar refractivity (Wildman–Crippen MR) is 169 cm³/mol. The minimum atomic E-state index is 0.334. The van der Waals surface area contributed by atoms with Gasteiger partial charge >= 0.3 is 0 Å². The van der Waals surface area contributed by atoms with E-state index in [1.165, 1.54) is 51.4 Å². The van der Waals surface area contributed by atoms with E-state index in [1.54, 1.807) is 22.7 Å². The first kappa shape index (κ1) is 32.3. The third-order valence-electron chi connectivity index (χ3n) is 7.63. The van der Waals surface area contributed by atoms with Gasteiger partial charge in [0.05, 0.1) is 0 Å². The van der Waals surface area contributed by atoms with E-state index < -0.39 is 0 Å². The SMILES string of the molecule is CCCCCCCC(=O)N1CCN(c2nccs2)CC1.CCCCCCCC(=O)N1CCN(c2nccs2)CC1. The molecule has 4 rings (SSSR count). The molecule has 224 valence electrons. The lowest BCUT2D eigenvalue weighted by molar-refractivity contribution is -0.132. The molecule has 2 aromatic heterocycles. The zero-order chi connectivity index (χ0) is 28.4. The monoisotopic (exact) mass is 590 g/mol. The van der Waals surface area contributed by atoms with E-state index in [2.05, 4.69) is 33.6 Å². The highest BCUT2D eigenvalue weighted by Crippen LogP contribution is 2.20.